The van der Waals surface area contributed by atoms with Crippen LogP contribution in [0.1, 0.15) is 25.3 Å². The van der Waals surface area contributed by atoms with Gasteiger partial charge in [0.2, 0.25) is 0 Å². The Morgan fingerprint density at radius 2 is 2.29 bits per heavy atom. The van der Waals surface area contributed by atoms with E-state index in [4.69, 9.17) is 9.47 Å². The first-order chi connectivity index (χ1) is 8.40. The van der Waals surface area contributed by atoms with E-state index in [2.05, 4.69) is 17.4 Å². The summed E-state index contributed by atoms with van der Waals surface area (Å²) in [6, 6.07) is 8.69. The fraction of sp³-hybridized carbons (Fsp3) is 0.571. The summed E-state index contributed by atoms with van der Waals surface area (Å²) >= 11 is 0. The average molecular weight is 235 g/mol. The van der Waals surface area contributed by atoms with E-state index in [0.29, 0.717) is 12.6 Å². The Morgan fingerprint density at radius 3 is 3.06 bits per heavy atom. The molecule has 1 aliphatic heterocycles. The van der Waals surface area contributed by atoms with Crippen molar-refractivity contribution in [3.8, 4) is 5.75 Å². The third-order valence-electron chi connectivity index (χ3n) is 3.01. The third kappa shape index (κ3) is 3.72. The third-order valence-corrected chi connectivity index (χ3v) is 3.01. The smallest absolute Gasteiger partial charge is 0.123 e. The SMILES string of the molecule is CCOc1ccccc1CNC1CCCOC1. The first-order valence-corrected chi connectivity index (χ1v) is 6.42. The van der Waals surface area contributed by atoms with Gasteiger partial charge in [-0.05, 0) is 25.8 Å². The lowest BCUT2D eigenvalue weighted by Crippen LogP contribution is -2.36. The molecule has 0 saturated carbocycles. The van der Waals surface area contributed by atoms with Gasteiger partial charge in [-0.25, -0.2) is 0 Å². The molecule has 0 aromatic heterocycles. The molecule has 0 spiro atoms. The first-order valence-electron chi connectivity index (χ1n) is 6.42. The van der Waals surface area contributed by atoms with Crippen LogP contribution < -0.4 is 10.1 Å². The van der Waals surface area contributed by atoms with Crippen LogP contribution in [0.4, 0.5) is 0 Å². The molecule has 1 N–H and O–H groups in total. The highest BCUT2D eigenvalue weighted by Crippen LogP contribution is 2.18. The van der Waals surface area contributed by atoms with Gasteiger partial charge in [-0.3, -0.25) is 0 Å². The van der Waals surface area contributed by atoms with Gasteiger partial charge >= 0.3 is 0 Å². The van der Waals surface area contributed by atoms with Crippen LogP contribution in [0.15, 0.2) is 24.3 Å². The lowest BCUT2D eigenvalue weighted by atomic mass is 10.1. The standard InChI is InChI=1S/C14H21NO2/c1-2-17-14-8-4-3-6-12(14)10-15-13-7-5-9-16-11-13/h3-4,6,8,13,15H,2,5,7,9-11H2,1H3. The highest BCUT2D eigenvalue weighted by Gasteiger charge is 2.13. The molecule has 1 aromatic carbocycles. The summed E-state index contributed by atoms with van der Waals surface area (Å²) in [5.74, 6) is 0.985. The van der Waals surface area contributed by atoms with E-state index in [0.717, 1.165) is 31.9 Å². The predicted octanol–water partition coefficient (Wildman–Crippen LogP) is 2.35. The molecule has 1 aliphatic rings. The fourth-order valence-electron chi connectivity index (χ4n) is 2.10. The molecule has 1 aromatic rings. The molecule has 3 nitrogen and oxygen atoms in total. The minimum atomic E-state index is 0.485. The molecule has 1 fully saturated rings. The van der Waals surface area contributed by atoms with Gasteiger partial charge in [0.05, 0.1) is 13.2 Å². The minimum absolute atomic E-state index is 0.485. The van der Waals surface area contributed by atoms with Crippen molar-refractivity contribution in [2.45, 2.75) is 32.4 Å². The summed E-state index contributed by atoms with van der Waals surface area (Å²) in [6.07, 6.45) is 2.36. The second-order valence-electron chi connectivity index (χ2n) is 4.34. The van der Waals surface area contributed by atoms with E-state index in [9.17, 15) is 0 Å². The van der Waals surface area contributed by atoms with E-state index < -0.39 is 0 Å². The number of hydrogen-bond acceptors (Lipinski definition) is 3. The summed E-state index contributed by atoms with van der Waals surface area (Å²) in [4.78, 5) is 0. The molecule has 1 unspecified atom stereocenters. The van der Waals surface area contributed by atoms with Crippen molar-refractivity contribution in [1.29, 1.82) is 0 Å². The Hall–Kier alpha value is -1.06. The fourth-order valence-corrected chi connectivity index (χ4v) is 2.10. The van der Waals surface area contributed by atoms with Gasteiger partial charge in [0, 0.05) is 24.8 Å². The normalized spacial score (nSPS) is 20.2. The van der Waals surface area contributed by atoms with Crippen molar-refractivity contribution in [2.24, 2.45) is 0 Å². The number of benzene rings is 1. The molecule has 2 rings (SSSR count). The van der Waals surface area contributed by atoms with E-state index in [1.165, 1.54) is 12.0 Å². The van der Waals surface area contributed by atoms with Crippen LogP contribution in [0.25, 0.3) is 0 Å². The van der Waals surface area contributed by atoms with Crippen LogP contribution in [0.5, 0.6) is 5.75 Å². The van der Waals surface area contributed by atoms with E-state index >= 15 is 0 Å². The molecule has 0 aliphatic carbocycles. The number of ether oxygens (including phenoxy) is 2. The molecule has 94 valence electrons. The quantitative estimate of drug-likeness (QED) is 0.850. The molecule has 3 heteroatoms. The molecule has 1 atom stereocenters. The monoisotopic (exact) mass is 235 g/mol. The minimum Gasteiger partial charge on any atom is -0.494 e. The van der Waals surface area contributed by atoms with Gasteiger partial charge < -0.3 is 14.8 Å². The van der Waals surface area contributed by atoms with Gasteiger partial charge in [0.1, 0.15) is 5.75 Å². The Balaban J connectivity index is 1.88. The maximum atomic E-state index is 5.61. The highest BCUT2D eigenvalue weighted by molar-refractivity contribution is 5.33. The Labute approximate surface area is 103 Å². The van der Waals surface area contributed by atoms with Crippen LogP contribution in [0.3, 0.4) is 0 Å². The lowest BCUT2D eigenvalue weighted by molar-refractivity contribution is 0.0698. The van der Waals surface area contributed by atoms with Gasteiger partial charge in [-0.1, -0.05) is 18.2 Å². The zero-order chi connectivity index (χ0) is 11.9. The summed E-state index contributed by atoms with van der Waals surface area (Å²) in [5.41, 5.74) is 1.22. The topological polar surface area (TPSA) is 30.5 Å². The first kappa shape index (κ1) is 12.4. The zero-order valence-corrected chi connectivity index (χ0v) is 10.4. The van der Waals surface area contributed by atoms with Gasteiger partial charge in [-0.2, -0.15) is 0 Å². The Morgan fingerprint density at radius 1 is 1.41 bits per heavy atom. The molecule has 1 saturated heterocycles. The van der Waals surface area contributed by atoms with Crippen LogP contribution in [0, 0.1) is 0 Å². The largest absolute Gasteiger partial charge is 0.494 e. The van der Waals surface area contributed by atoms with Gasteiger partial charge in [0.25, 0.3) is 0 Å². The van der Waals surface area contributed by atoms with E-state index in [-0.39, 0.29) is 0 Å². The van der Waals surface area contributed by atoms with Crippen LogP contribution in [0.2, 0.25) is 0 Å². The molecule has 0 amide bonds. The number of para-hydroxylation sites is 1. The van der Waals surface area contributed by atoms with Crippen molar-refractivity contribution in [3.63, 3.8) is 0 Å². The maximum Gasteiger partial charge on any atom is 0.123 e. The molecule has 0 bridgehead atoms. The summed E-state index contributed by atoms with van der Waals surface area (Å²) in [6.45, 7) is 5.32. The van der Waals surface area contributed by atoms with Crippen LogP contribution >= 0.6 is 0 Å². The van der Waals surface area contributed by atoms with Crippen LogP contribution in [-0.2, 0) is 11.3 Å². The summed E-state index contributed by atoms with van der Waals surface area (Å²) in [7, 11) is 0. The van der Waals surface area contributed by atoms with Crippen molar-refractivity contribution in [3.05, 3.63) is 29.8 Å². The highest BCUT2D eigenvalue weighted by atomic mass is 16.5. The van der Waals surface area contributed by atoms with E-state index in [1.807, 2.05) is 19.1 Å². The van der Waals surface area contributed by atoms with Gasteiger partial charge in [0.15, 0.2) is 0 Å². The summed E-state index contributed by atoms with van der Waals surface area (Å²) in [5, 5.41) is 3.53. The lowest BCUT2D eigenvalue weighted by Gasteiger charge is -2.23. The average Bonchev–Trinajstić information content (AvgIpc) is 2.39. The van der Waals surface area contributed by atoms with E-state index in [1.54, 1.807) is 0 Å². The number of nitrogens with one attached hydrogen (secondary N) is 1. The molecule has 17 heavy (non-hydrogen) atoms. The molecular formula is C14H21NO2. The number of hydrogen-bond donors (Lipinski definition) is 1. The van der Waals surface area contributed by atoms with Crippen molar-refractivity contribution >= 4 is 0 Å². The molecule has 1 heterocycles. The second kappa shape index (κ2) is 6.62. The number of rotatable bonds is 5. The summed E-state index contributed by atoms with van der Waals surface area (Å²) < 4.78 is 11.1. The zero-order valence-electron chi connectivity index (χ0n) is 10.4. The Kier molecular flexibility index (Phi) is 4.83. The maximum absolute atomic E-state index is 5.61. The predicted molar refractivity (Wildman–Crippen MR) is 68.3 cm³/mol. The second-order valence-corrected chi connectivity index (χ2v) is 4.34. The molecule has 0 radical (unpaired) electrons. The Bertz CT molecular complexity index is 335. The molecular weight excluding hydrogens is 214 g/mol. The van der Waals surface area contributed by atoms with Crippen molar-refractivity contribution in [2.75, 3.05) is 19.8 Å². The van der Waals surface area contributed by atoms with Gasteiger partial charge in [-0.15, -0.1) is 0 Å². The van der Waals surface area contributed by atoms with Crippen molar-refractivity contribution < 1.29 is 9.47 Å². The van der Waals surface area contributed by atoms with Crippen LogP contribution in [-0.4, -0.2) is 25.9 Å². The van der Waals surface area contributed by atoms with Crippen molar-refractivity contribution in [1.82, 2.24) is 5.32 Å².